The molecule has 1 aromatic heterocycles. The lowest BCUT2D eigenvalue weighted by molar-refractivity contribution is 0.649. The second kappa shape index (κ2) is 7.67. The van der Waals surface area contributed by atoms with Crippen molar-refractivity contribution in [1.29, 1.82) is 0 Å². The molecule has 2 rings (SSSR count). The number of nitrogens with zero attached hydrogens (tertiary/aromatic N) is 1. The molecule has 1 aromatic carbocycles. The maximum absolute atomic E-state index is 11.7. The molecule has 1 atom stereocenters. The van der Waals surface area contributed by atoms with E-state index in [0.717, 1.165) is 31.5 Å². The highest BCUT2D eigenvalue weighted by molar-refractivity contribution is 5.41. The SMILES string of the molecule is CCCn1cc(NC(CC)Cc2ccccc2)ccc1=O. The molecule has 0 spiro atoms. The summed E-state index contributed by atoms with van der Waals surface area (Å²) in [6.07, 6.45) is 4.93. The van der Waals surface area contributed by atoms with Crippen LogP contribution < -0.4 is 10.9 Å². The van der Waals surface area contributed by atoms with Gasteiger partial charge in [0.1, 0.15) is 0 Å². The predicted molar refractivity (Wildman–Crippen MR) is 88.8 cm³/mol. The van der Waals surface area contributed by atoms with Gasteiger partial charge in [-0.15, -0.1) is 0 Å². The van der Waals surface area contributed by atoms with Crippen molar-refractivity contribution in [2.45, 2.75) is 45.7 Å². The molecule has 2 aromatic rings. The molecule has 0 aliphatic heterocycles. The van der Waals surface area contributed by atoms with Crippen LogP contribution in [0.5, 0.6) is 0 Å². The van der Waals surface area contributed by atoms with Gasteiger partial charge < -0.3 is 9.88 Å². The maximum Gasteiger partial charge on any atom is 0.250 e. The monoisotopic (exact) mass is 284 g/mol. The molecule has 1 N–H and O–H groups in total. The Balaban J connectivity index is 2.08. The summed E-state index contributed by atoms with van der Waals surface area (Å²) in [5, 5.41) is 3.54. The average Bonchev–Trinajstić information content (AvgIpc) is 2.51. The van der Waals surface area contributed by atoms with Crippen molar-refractivity contribution in [2.75, 3.05) is 5.32 Å². The van der Waals surface area contributed by atoms with Crippen molar-refractivity contribution in [3.8, 4) is 0 Å². The lowest BCUT2D eigenvalue weighted by Crippen LogP contribution is -2.24. The largest absolute Gasteiger partial charge is 0.381 e. The molecule has 3 heteroatoms. The van der Waals surface area contributed by atoms with Crippen molar-refractivity contribution in [3.05, 3.63) is 64.6 Å². The van der Waals surface area contributed by atoms with E-state index in [-0.39, 0.29) is 5.56 Å². The van der Waals surface area contributed by atoms with Crippen molar-refractivity contribution < 1.29 is 0 Å². The molecule has 0 amide bonds. The standard InChI is InChI=1S/C18H24N2O/c1-3-12-20-14-17(10-11-18(20)21)19-16(4-2)13-15-8-6-5-7-9-15/h5-11,14,16,19H,3-4,12-13H2,1-2H3. The van der Waals surface area contributed by atoms with Gasteiger partial charge in [0.15, 0.2) is 0 Å². The lowest BCUT2D eigenvalue weighted by Gasteiger charge is -2.19. The third-order valence-electron chi connectivity index (χ3n) is 3.64. The van der Waals surface area contributed by atoms with Crippen molar-refractivity contribution >= 4 is 5.69 Å². The number of rotatable bonds is 7. The summed E-state index contributed by atoms with van der Waals surface area (Å²) < 4.78 is 1.78. The molecule has 0 aliphatic rings. The summed E-state index contributed by atoms with van der Waals surface area (Å²) in [4.78, 5) is 11.7. The Morgan fingerprint density at radius 2 is 1.86 bits per heavy atom. The summed E-state index contributed by atoms with van der Waals surface area (Å²) in [5.41, 5.74) is 2.42. The molecule has 3 nitrogen and oxygen atoms in total. The van der Waals surface area contributed by atoms with Crippen LogP contribution in [0.4, 0.5) is 5.69 Å². The maximum atomic E-state index is 11.7. The Hall–Kier alpha value is -2.03. The fourth-order valence-corrected chi connectivity index (χ4v) is 2.46. The summed E-state index contributed by atoms with van der Waals surface area (Å²) in [6.45, 7) is 5.03. The van der Waals surface area contributed by atoms with Gasteiger partial charge in [0, 0.05) is 24.8 Å². The molecule has 1 unspecified atom stereocenters. The average molecular weight is 284 g/mol. The number of hydrogen-bond donors (Lipinski definition) is 1. The van der Waals surface area contributed by atoms with Crippen molar-refractivity contribution in [2.24, 2.45) is 0 Å². The van der Waals surface area contributed by atoms with E-state index in [2.05, 4.69) is 43.4 Å². The van der Waals surface area contributed by atoms with E-state index >= 15 is 0 Å². The Labute approximate surface area is 126 Å². The van der Waals surface area contributed by atoms with Gasteiger partial charge in [-0.1, -0.05) is 44.2 Å². The zero-order valence-electron chi connectivity index (χ0n) is 12.9. The number of benzene rings is 1. The van der Waals surface area contributed by atoms with Gasteiger partial charge in [-0.25, -0.2) is 0 Å². The quantitative estimate of drug-likeness (QED) is 0.841. The first kappa shape index (κ1) is 15.4. The Kier molecular flexibility index (Phi) is 5.61. The van der Waals surface area contributed by atoms with Crippen molar-refractivity contribution in [1.82, 2.24) is 4.57 Å². The van der Waals surface area contributed by atoms with Gasteiger partial charge in [0.2, 0.25) is 0 Å². The topological polar surface area (TPSA) is 34.0 Å². The van der Waals surface area contributed by atoms with Crippen LogP contribution in [-0.2, 0) is 13.0 Å². The first-order chi connectivity index (χ1) is 10.2. The van der Waals surface area contributed by atoms with E-state index in [1.807, 2.05) is 18.3 Å². The summed E-state index contributed by atoms with van der Waals surface area (Å²) in [5.74, 6) is 0. The minimum atomic E-state index is 0.0681. The summed E-state index contributed by atoms with van der Waals surface area (Å²) in [7, 11) is 0. The number of hydrogen-bond acceptors (Lipinski definition) is 2. The van der Waals surface area contributed by atoms with E-state index in [0.29, 0.717) is 6.04 Å². The summed E-state index contributed by atoms with van der Waals surface area (Å²) in [6, 6.07) is 14.4. The first-order valence-electron chi connectivity index (χ1n) is 7.74. The van der Waals surface area contributed by atoms with Crippen LogP contribution >= 0.6 is 0 Å². The third kappa shape index (κ3) is 4.48. The van der Waals surface area contributed by atoms with Crippen LogP contribution in [0.2, 0.25) is 0 Å². The van der Waals surface area contributed by atoms with E-state index < -0.39 is 0 Å². The molecule has 0 aliphatic carbocycles. The number of nitrogens with one attached hydrogen (secondary N) is 1. The van der Waals surface area contributed by atoms with Gasteiger partial charge in [0.25, 0.3) is 5.56 Å². The Morgan fingerprint density at radius 3 is 2.52 bits per heavy atom. The smallest absolute Gasteiger partial charge is 0.250 e. The van der Waals surface area contributed by atoms with Crippen molar-refractivity contribution in [3.63, 3.8) is 0 Å². The molecule has 0 saturated heterocycles. The van der Waals surface area contributed by atoms with Gasteiger partial charge >= 0.3 is 0 Å². The fourth-order valence-electron chi connectivity index (χ4n) is 2.46. The molecule has 0 fully saturated rings. The highest BCUT2D eigenvalue weighted by atomic mass is 16.1. The minimum Gasteiger partial charge on any atom is -0.381 e. The Morgan fingerprint density at radius 1 is 1.10 bits per heavy atom. The molecule has 21 heavy (non-hydrogen) atoms. The van der Waals surface area contributed by atoms with Crippen LogP contribution in [0.15, 0.2) is 53.5 Å². The molecule has 0 saturated carbocycles. The van der Waals surface area contributed by atoms with Crippen LogP contribution in [-0.4, -0.2) is 10.6 Å². The molecule has 0 bridgehead atoms. The zero-order valence-corrected chi connectivity index (χ0v) is 12.9. The second-order valence-corrected chi connectivity index (χ2v) is 5.39. The predicted octanol–water partition coefficient (Wildman–Crippen LogP) is 3.69. The number of anilines is 1. The highest BCUT2D eigenvalue weighted by Gasteiger charge is 2.08. The summed E-state index contributed by atoms with van der Waals surface area (Å²) >= 11 is 0. The zero-order chi connectivity index (χ0) is 15.1. The van der Waals surface area contributed by atoms with Gasteiger partial charge in [-0.05, 0) is 30.9 Å². The Bertz CT molecular complexity index is 604. The second-order valence-electron chi connectivity index (χ2n) is 5.39. The van der Waals surface area contributed by atoms with E-state index in [4.69, 9.17) is 0 Å². The van der Waals surface area contributed by atoms with Gasteiger partial charge in [0.05, 0.1) is 5.69 Å². The van der Waals surface area contributed by atoms with E-state index in [1.54, 1.807) is 10.6 Å². The van der Waals surface area contributed by atoms with Crippen LogP contribution in [0.25, 0.3) is 0 Å². The minimum absolute atomic E-state index is 0.0681. The van der Waals surface area contributed by atoms with E-state index in [9.17, 15) is 4.79 Å². The highest BCUT2D eigenvalue weighted by Crippen LogP contribution is 2.12. The molecule has 112 valence electrons. The number of aromatic nitrogens is 1. The first-order valence-corrected chi connectivity index (χ1v) is 7.74. The van der Waals surface area contributed by atoms with Crippen LogP contribution in [0, 0.1) is 0 Å². The normalized spacial score (nSPS) is 12.1. The number of aryl methyl sites for hydroxylation is 1. The number of pyridine rings is 1. The lowest BCUT2D eigenvalue weighted by atomic mass is 10.0. The fraction of sp³-hybridized carbons (Fsp3) is 0.389. The van der Waals surface area contributed by atoms with Gasteiger partial charge in [-0.2, -0.15) is 0 Å². The van der Waals surface area contributed by atoms with Crippen LogP contribution in [0.3, 0.4) is 0 Å². The molecular weight excluding hydrogens is 260 g/mol. The molecule has 0 radical (unpaired) electrons. The molecular formula is C18H24N2O. The molecule has 1 heterocycles. The van der Waals surface area contributed by atoms with Crippen LogP contribution in [0.1, 0.15) is 32.3 Å². The van der Waals surface area contributed by atoms with Gasteiger partial charge in [-0.3, -0.25) is 4.79 Å². The third-order valence-corrected chi connectivity index (χ3v) is 3.64. The van der Waals surface area contributed by atoms with E-state index in [1.165, 1.54) is 5.56 Å².